The van der Waals surface area contributed by atoms with Gasteiger partial charge in [0.25, 0.3) is 0 Å². The number of ketones is 1. The van der Waals surface area contributed by atoms with E-state index in [2.05, 4.69) is 20.3 Å². The first kappa shape index (κ1) is 25.8. The Labute approximate surface area is 223 Å². The van der Waals surface area contributed by atoms with Crippen LogP contribution in [0.4, 0.5) is 5.82 Å². The van der Waals surface area contributed by atoms with E-state index in [4.69, 9.17) is 14.2 Å². The van der Waals surface area contributed by atoms with E-state index in [0.717, 1.165) is 61.9 Å². The average molecular weight is 523 g/mol. The molecule has 6 rings (SSSR count). The molecule has 9 heteroatoms. The van der Waals surface area contributed by atoms with Crippen molar-refractivity contribution in [2.75, 3.05) is 11.9 Å². The van der Waals surface area contributed by atoms with Crippen molar-refractivity contribution in [2.24, 2.45) is 0 Å². The predicted molar refractivity (Wildman–Crippen MR) is 141 cm³/mol. The summed E-state index contributed by atoms with van der Waals surface area (Å²) in [6, 6.07) is 2.30. The third-order valence-corrected chi connectivity index (χ3v) is 8.51. The third kappa shape index (κ3) is 4.97. The summed E-state index contributed by atoms with van der Waals surface area (Å²) in [5.41, 5.74) is 3.06. The normalized spacial score (nSPS) is 29.6. The Morgan fingerprint density at radius 2 is 1.82 bits per heavy atom. The largest absolute Gasteiger partial charge is 0.396 e. The number of hydrogen-bond acceptors (Lipinski definition) is 9. The van der Waals surface area contributed by atoms with Gasteiger partial charge in [-0.15, -0.1) is 0 Å². The highest BCUT2D eigenvalue weighted by atomic mass is 16.8. The third-order valence-electron chi connectivity index (χ3n) is 8.51. The van der Waals surface area contributed by atoms with Crippen LogP contribution < -0.4 is 5.32 Å². The van der Waals surface area contributed by atoms with Gasteiger partial charge in [-0.25, -0.2) is 9.97 Å². The average Bonchev–Trinajstić information content (AvgIpc) is 3.45. The molecular weight excluding hydrogens is 484 g/mol. The molecule has 4 aliphatic rings. The van der Waals surface area contributed by atoms with E-state index in [0.29, 0.717) is 23.5 Å². The molecule has 4 heterocycles. The van der Waals surface area contributed by atoms with E-state index in [1.54, 1.807) is 18.6 Å². The molecule has 0 radical (unpaired) electrons. The molecule has 4 fully saturated rings. The van der Waals surface area contributed by atoms with Crippen LogP contribution in [-0.4, -0.2) is 62.6 Å². The Kier molecular flexibility index (Phi) is 7.44. The molecule has 2 aromatic heterocycles. The fraction of sp³-hybridized carbons (Fsp3) is 0.655. The Morgan fingerprint density at radius 3 is 2.61 bits per heavy atom. The van der Waals surface area contributed by atoms with Gasteiger partial charge in [-0.1, -0.05) is 31.3 Å². The molecule has 1 spiro atoms. The standard InChI is InChI=1S/C29H38N4O5/c1-18(11-15-34)16-21(35)25-27-26(37-29(38-27)12-6-3-7-13-29)24(36-25)20-10-14-30-23-22(20)31-17-32-28(23)33-19-8-4-2-5-9-19/h10,14,16-17,19,24-27,34H,2-9,11-13,15H2,1H3,(H,31,32,33). The first-order chi connectivity index (χ1) is 18.6. The maximum absolute atomic E-state index is 13.4. The number of carbonyl (C=O) groups is 1. The summed E-state index contributed by atoms with van der Waals surface area (Å²) in [6.45, 7) is 1.85. The molecule has 38 heavy (non-hydrogen) atoms. The number of aromatic nitrogens is 3. The lowest BCUT2D eigenvalue weighted by Gasteiger charge is -2.34. The lowest BCUT2D eigenvalue weighted by molar-refractivity contribution is -0.223. The number of ether oxygens (including phenoxy) is 3. The molecule has 4 atom stereocenters. The van der Waals surface area contributed by atoms with Crippen LogP contribution in [0, 0.1) is 0 Å². The van der Waals surface area contributed by atoms with Gasteiger partial charge in [-0.05, 0) is 51.2 Å². The molecule has 204 valence electrons. The summed E-state index contributed by atoms with van der Waals surface area (Å²) < 4.78 is 19.7. The van der Waals surface area contributed by atoms with Crippen LogP contribution in [0.5, 0.6) is 0 Å². The number of aliphatic hydroxyl groups is 1. The number of nitrogens with one attached hydrogen (secondary N) is 1. The molecule has 2 saturated heterocycles. The van der Waals surface area contributed by atoms with Crippen LogP contribution in [-0.2, 0) is 19.0 Å². The van der Waals surface area contributed by atoms with Crippen LogP contribution in [0.1, 0.15) is 89.2 Å². The van der Waals surface area contributed by atoms with E-state index in [-0.39, 0.29) is 12.4 Å². The van der Waals surface area contributed by atoms with Crippen molar-refractivity contribution >= 4 is 22.6 Å². The fourth-order valence-electron chi connectivity index (χ4n) is 6.58. The zero-order valence-corrected chi connectivity index (χ0v) is 22.1. The van der Waals surface area contributed by atoms with Gasteiger partial charge in [0.1, 0.15) is 41.8 Å². The number of hydrogen-bond donors (Lipinski definition) is 2. The van der Waals surface area contributed by atoms with E-state index >= 15 is 0 Å². The van der Waals surface area contributed by atoms with E-state index in [1.807, 2.05) is 13.0 Å². The Morgan fingerprint density at radius 1 is 1.05 bits per heavy atom. The van der Waals surface area contributed by atoms with Gasteiger partial charge >= 0.3 is 0 Å². The highest BCUT2D eigenvalue weighted by molar-refractivity contribution is 5.95. The number of aliphatic hydroxyl groups excluding tert-OH is 1. The summed E-state index contributed by atoms with van der Waals surface area (Å²) >= 11 is 0. The maximum atomic E-state index is 13.4. The Hall–Kier alpha value is -2.46. The molecule has 0 amide bonds. The van der Waals surface area contributed by atoms with Gasteiger partial charge in [0.05, 0.1) is 0 Å². The van der Waals surface area contributed by atoms with Gasteiger partial charge in [-0.3, -0.25) is 9.78 Å². The summed E-state index contributed by atoms with van der Waals surface area (Å²) in [5.74, 6) is -0.0813. The molecule has 2 aliphatic carbocycles. The van der Waals surface area contributed by atoms with Crippen LogP contribution in [0.25, 0.3) is 11.0 Å². The number of anilines is 1. The van der Waals surface area contributed by atoms with Gasteiger partial charge in [0.15, 0.2) is 17.4 Å². The van der Waals surface area contributed by atoms with Crippen molar-refractivity contribution in [3.63, 3.8) is 0 Å². The number of nitrogens with zero attached hydrogens (tertiary/aromatic N) is 3. The van der Waals surface area contributed by atoms with E-state index in [9.17, 15) is 9.90 Å². The molecule has 0 aromatic carbocycles. The fourth-order valence-corrected chi connectivity index (χ4v) is 6.58. The highest BCUT2D eigenvalue weighted by Gasteiger charge is 2.60. The smallest absolute Gasteiger partial charge is 0.187 e. The van der Waals surface area contributed by atoms with Crippen LogP contribution in [0.2, 0.25) is 0 Å². The summed E-state index contributed by atoms with van der Waals surface area (Å²) in [4.78, 5) is 27.2. The number of carbonyl (C=O) groups excluding carboxylic acids is 1. The molecule has 2 aliphatic heterocycles. The lowest BCUT2D eigenvalue weighted by atomic mass is 9.94. The second-order valence-electron chi connectivity index (χ2n) is 11.3. The second-order valence-corrected chi connectivity index (χ2v) is 11.3. The van der Waals surface area contributed by atoms with Crippen molar-refractivity contribution < 1.29 is 24.1 Å². The van der Waals surface area contributed by atoms with Gasteiger partial charge in [0, 0.05) is 37.3 Å². The van der Waals surface area contributed by atoms with Crippen molar-refractivity contribution in [3.05, 3.63) is 35.8 Å². The van der Waals surface area contributed by atoms with Crippen molar-refractivity contribution in [1.82, 2.24) is 15.0 Å². The lowest BCUT2D eigenvalue weighted by Crippen LogP contribution is -2.38. The predicted octanol–water partition coefficient (Wildman–Crippen LogP) is 4.55. The quantitative estimate of drug-likeness (QED) is 0.505. The van der Waals surface area contributed by atoms with E-state index < -0.39 is 30.2 Å². The number of fused-ring (bicyclic) bond motifs is 2. The molecule has 2 N–H and O–H groups in total. The molecule has 2 aromatic rings. The zero-order valence-electron chi connectivity index (χ0n) is 22.1. The number of pyridine rings is 1. The molecule has 0 bridgehead atoms. The first-order valence-electron chi connectivity index (χ1n) is 14.3. The second kappa shape index (κ2) is 11.0. The Balaban J connectivity index is 1.34. The minimum atomic E-state index is -0.787. The van der Waals surface area contributed by atoms with Gasteiger partial charge < -0.3 is 24.6 Å². The Bertz CT molecular complexity index is 1190. The van der Waals surface area contributed by atoms with Crippen molar-refractivity contribution in [1.29, 1.82) is 0 Å². The minimum absolute atomic E-state index is 0.00151. The summed E-state index contributed by atoms with van der Waals surface area (Å²) in [6.07, 6.45) is 14.0. The topological polar surface area (TPSA) is 116 Å². The molecule has 2 saturated carbocycles. The monoisotopic (exact) mass is 522 g/mol. The van der Waals surface area contributed by atoms with Crippen molar-refractivity contribution in [3.8, 4) is 0 Å². The zero-order chi connectivity index (χ0) is 26.1. The van der Waals surface area contributed by atoms with Crippen LogP contribution in [0.3, 0.4) is 0 Å². The van der Waals surface area contributed by atoms with Gasteiger partial charge in [-0.2, -0.15) is 0 Å². The maximum Gasteiger partial charge on any atom is 0.187 e. The van der Waals surface area contributed by atoms with E-state index in [1.165, 1.54) is 19.3 Å². The summed E-state index contributed by atoms with van der Waals surface area (Å²) in [7, 11) is 0. The van der Waals surface area contributed by atoms with Crippen LogP contribution >= 0.6 is 0 Å². The highest BCUT2D eigenvalue weighted by Crippen LogP contribution is 2.50. The van der Waals surface area contributed by atoms with Crippen LogP contribution in [0.15, 0.2) is 30.2 Å². The molecule has 4 unspecified atom stereocenters. The summed E-state index contributed by atoms with van der Waals surface area (Å²) in [5, 5.41) is 12.9. The SMILES string of the molecule is CC(=CC(=O)C1OC(c2ccnc3c(NC4CCCCC4)ncnc23)C2OC3(CCCCC3)OC12)CCO. The molecule has 9 nitrogen and oxygen atoms in total. The van der Waals surface area contributed by atoms with Gasteiger partial charge in [0.2, 0.25) is 0 Å². The van der Waals surface area contributed by atoms with Crippen molar-refractivity contribution in [2.45, 2.75) is 114 Å². The minimum Gasteiger partial charge on any atom is -0.396 e. The molecular formula is C29H38N4O5. The first-order valence-corrected chi connectivity index (χ1v) is 14.3. The number of rotatable bonds is 7.